The van der Waals surface area contributed by atoms with Crippen LogP contribution in [-0.2, 0) is 11.3 Å². The third kappa shape index (κ3) is 4.34. The molecule has 1 aromatic rings. The summed E-state index contributed by atoms with van der Waals surface area (Å²) in [5, 5.41) is 4.04. The first-order valence-electron chi connectivity index (χ1n) is 7.61. The standard InChI is InChI=1S/C15H25N3O2/c1-3-4-6-15(19)18-8-5-7-17(9-10-18)12-14-11-13(2)20-16-14/h11H,3-10,12H2,1-2H3. The molecule has 5 heteroatoms. The average molecular weight is 279 g/mol. The minimum absolute atomic E-state index is 0.311. The number of unbranched alkanes of at least 4 members (excludes halogenated alkanes) is 1. The summed E-state index contributed by atoms with van der Waals surface area (Å²) in [5.41, 5.74) is 0.980. The Morgan fingerprint density at radius 1 is 1.35 bits per heavy atom. The third-order valence-corrected chi connectivity index (χ3v) is 3.75. The molecule has 0 atom stereocenters. The second-order valence-electron chi connectivity index (χ2n) is 5.54. The van der Waals surface area contributed by atoms with Crippen molar-refractivity contribution in [2.24, 2.45) is 0 Å². The normalized spacial score (nSPS) is 17.2. The Labute approximate surface area is 120 Å². The van der Waals surface area contributed by atoms with Gasteiger partial charge in [0, 0.05) is 45.2 Å². The van der Waals surface area contributed by atoms with Crippen molar-refractivity contribution >= 4 is 5.91 Å². The van der Waals surface area contributed by atoms with Gasteiger partial charge in [0.2, 0.25) is 5.91 Å². The summed E-state index contributed by atoms with van der Waals surface area (Å²) >= 11 is 0. The first-order chi connectivity index (χ1) is 9.69. The fourth-order valence-corrected chi connectivity index (χ4v) is 2.59. The molecule has 1 aromatic heterocycles. The van der Waals surface area contributed by atoms with E-state index in [1.54, 1.807) is 0 Å². The Kier molecular flexibility index (Phi) is 5.59. The summed E-state index contributed by atoms with van der Waals surface area (Å²) in [5.74, 6) is 1.16. The van der Waals surface area contributed by atoms with Crippen LogP contribution < -0.4 is 0 Å². The van der Waals surface area contributed by atoms with Crippen LogP contribution in [0.2, 0.25) is 0 Å². The van der Waals surface area contributed by atoms with Gasteiger partial charge in [-0.3, -0.25) is 9.69 Å². The van der Waals surface area contributed by atoms with Crippen LogP contribution in [0.1, 0.15) is 44.1 Å². The van der Waals surface area contributed by atoms with Crippen molar-refractivity contribution in [3.8, 4) is 0 Å². The van der Waals surface area contributed by atoms with E-state index in [4.69, 9.17) is 4.52 Å². The van der Waals surface area contributed by atoms with E-state index in [1.807, 2.05) is 17.9 Å². The third-order valence-electron chi connectivity index (χ3n) is 3.75. The van der Waals surface area contributed by atoms with Crippen molar-refractivity contribution < 1.29 is 9.32 Å². The number of rotatable bonds is 5. The van der Waals surface area contributed by atoms with Crippen LogP contribution in [0, 0.1) is 6.92 Å². The van der Waals surface area contributed by atoms with E-state index in [-0.39, 0.29) is 0 Å². The smallest absolute Gasteiger partial charge is 0.222 e. The Morgan fingerprint density at radius 3 is 2.90 bits per heavy atom. The van der Waals surface area contributed by atoms with E-state index in [0.29, 0.717) is 12.3 Å². The number of aryl methyl sites for hydroxylation is 1. The van der Waals surface area contributed by atoms with Crippen molar-refractivity contribution in [3.63, 3.8) is 0 Å². The fraction of sp³-hybridized carbons (Fsp3) is 0.733. The number of aromatic nitrogens is 1. The van der Waals surface area contributed by atoms with Crippen LogP contribution in [0.25, 0.3) is 0 Å². The Bertz CT molecular complexity index is 431. The fourth-order valence-electron chi connectivity index (χ4n) is 2.59. The molecule has 0 radical (unpaired) electrons. The maximum atomic E-state index is 12.1. The lowest BCUT2D eigenvalue weighted by Crippen LogP contribution is -2.34. The van der Waals surface area contributed by atoms with Gasteiger partial charge >= 0.3 is 0 Å². The largest absolute Gasteiger partial charge is 0.361 e. The quantitative estimate of drug-likeness (QED) is 0.829. The van der Waals surface area contributed by atoms with Gasteiger partial charge in [0.1, 0.15) is 5.76 Å². The van der Waals surface area contributed by atoms with Gasteiger partial charge < -0.3 is 9.42 Å². The Morgan fingerprint density at radius 2 is 2.20 bits per heavy atom. The van der Waals surface area contributed by atoms with Gasteiger partial charge in [-0.15, -0.1) is 0 Å². The zero-order chi connectivity index (χ0) is 14.4. The lowest BCUT2D eigenvalue weighted by Gasteiger charge is -2.21. The highest BCUT2D eigenvalue weighted by molar-refractivity contribution is 5.76. The molecule has 1 saturated heterocycles. The van der Waals surface area contributed by atoms with Crippen molar-refractivity contribution in [1.29, 1.82) is 0 Å². The molecule has 0 N–H and O–H groups in total. The van der Waals surface area contributed by atoms with Crippen LogP contribution >= 0.6 is 0 Å². The number of carbonyl (C=O) groups is 1. The number of nitrogens with zero attached hydrogens (tertiary/aromatic N) is 3. The summed E-state index contributed by atoms with van der Waals surface area (Å²) in [6.45, 7) is 8.50. The topological polar surface area (TPSA) is 49.6 Å². The molecule has 2 heterocycles. The van der Waals surface area contributed by atoms with Crippen LogP contribution in [0.4, 0.5) is 0 Å². The van der Waals surface area contributed by atoms with Crippen molar-refractivity contribution in [2.45, 2.75) is 46.1 Å². The van der Waals surface area contributed by atoms with E-state index >= 15 is 0 Å². The summed E-state index contributed by atoms with van der Waals surface area (Å²) in [4.78, 5) is 16.4. The highest BCUT2D eigenvalue weighted by atomic mass is 16.5. The molecule has 1 aliphatic rings. The molecule has 1 aliphatic heterocycles. The van der Waals surface area contributed by atoms with Gasteiger partial charge in [-0.05, 0) is 19.8 Å². The van der Waals surface area contributed by atoms with Crippen LogP contribution in [-0.4, -0.2) is 47.0 Å². The molecule has 112 valence electrons. The number of carbonyl (C=O) groups excluding carboxylic acids is 1. The van der Waals surface area contributed by atoms with Crippen molar-refractivity contribution in [3.05, 3.63) is 17.5 Å². The van der Waals surface area contributed by atoms with Crippen molar-refractivity contribution in [1.82, 2.24) is 15.0 Å². The first-order valence-corrected chi connectivity index (χ1v) is 7.61. The highest BCUT2D eigenvalue weighted by Gasteiger charge is 2.19. The van der Waals surface area contributed by atoms with E-state index in [2.05, 4.69) is 17.0 Å². The molecule has 0 saturated carbocycles. The zero-order valence-electron chi connectivity index (χ0n) is 12.6. The van der Waals surface area contributed by atoms with Crippen molar-refractivity contribution in [2.75, 3.05) is 26.2 Å². The molecule has 0 unspecified atom stereocenters. The molecule has 20 heavy (non-hydrogen) atoms. The minimum atomic E-state index is 0.311. The molecule has 1 amide bonds. The highest BCUT2D eigenvalue weighted by Crippen LogP contribution is 2.11. The molecule has 0 aromatic carbocycles. The molecule has 5 nitrogen and oxygen atoms in total. The Balaban J connectivity index is 1.81. The lowest BCUT2D eigenvalue weighted by atomic mass is 10.2. The lowest BCUT2D eigenvalue weighted by molar-refractivity contribution is -0.131. The molecular formula is C15H25N3O2. The van der Waals surface area contributed by atoms with Gasteiger partial charge in [0.25, 0.3) is 0 Å². The first kappa shape index (κ1) is 15.0. The average Bonchev–Trinajstić information content (AvgIpc) is 2.71. The van der Waals surface area contributed by atoms with Crippen LogP contribution in [0.3, 0.4) is 0 Å². The number of amides is 1. The maximum absolute atomic E-state index is 12.1. The number of hydrogen-bond donors (Lipinski definition) is 0. The monoisotopic (exact) mass is 279 g/mol. The minimum Gasteiger partial charge on any atom is -0.361 e. The van der Waals surface area contributed by atoms with Gasteiger partial charge in [0.15, 0.2) is 0 Å². The molecule has 0 bridgehead atoms. The zero-order valence-corrected chi connectivity index (χ0v) is 12.6. The number of hydrogen-bond acceptors (Lipinski definition) is 4. The predicted molar refractivity (Wildman–Crippen MR) is 77.2 cm³/mol. The Hall–Kier alpha value is -1.36. The predicted octanol–water partition coefficient (Wildman–Crippen LogP) is 2.21. The molecule has 0 aliphatic carbocycles. The molecular weight excluding hydrogens is 254 g/mol. The molecule has 0 spiro atoms. The van der Waals surface area contributed by atoms with Gasteiger partial charge in [0.05, 0.1) is 5.69 Å². The summed E-state index contributed by atoms with van der Waals surface area (Å²) < 4.78 is 5.10. The van der Waals surface area contributed by atoms with Gasteiger partial charge in [-0.25, -0.2) is 0 Å². The van der Waals surface area contributed by atoms with E-state index in [1.165, 1.54) is 0 Å². The van der Waals surface area contributed by atoms with E-state index in [0.717, 1.165) is 63.4 Å². The van der Waals surface area contributed by atoms with Gasteiger partial charge in [-0.2, -0.15) is 0 Å². The second kappa shape index (κ2) is 7.43. The summed E-state index contributed by atoms with van der Waals surface area (Å²) in [7, 11) is 0. The van der Waals surface area contributed by atoms with Gasteiger partial charge in [-0.1, -0.05) is 18.5 Å². The molecule has 1 fully saturated rings. The van der Waals surface area contributed by atoms with E-state index < -0.39 is 0 Å². The van der Waals surface area contributed by atoms with E-state index in [9.17, 15) is 4.79 Å². The van der Waals surface area contributed by atoms with Crippen LogP contribution in [0.5, 0.6) is 0 Å². The maximum Gasteiger partial charge on any atom is 0.222 e. The van der Waals surface area contributed by atoms with Crippen LogP contribution in [0.15, 0.2) is 10.6 Å². The summed E-state index contributed by atoms with van der Waals surface area (Å²) in [6, 6.07) is 1.98. The summed E-state index contributed by atoms with van der Waals surface area (Å²) in [6.07, 6.45) is 3.81. The SMILES string of the molecule is CCCCC(=O)N1CCCN(Cc2cc(C)on2)CC1. The second-order valence-corrected chi connectivity index (χ2v) is 5.54. The molecule has 2 rings (SSSR count).